The van der Waals surface area contributed by atoms with Gasteiger partial charge in [0.1, 0.15) is 11.8 Å². The third-order valence-corrected chi connectivity index (χ3v) is 6.08. The van der Waals surface area contributed by atoms with Crippen molar-refractivity contribution in [3.63, 3.8) is 0 Å². The quantitative estimate of drug-likeness (QED) is 0.490. The van der Waals surface area contributed by atoms with Crippen molar-refractivity contribution in [3.8, 4) is 5.75 Å². The minimum atomic E-state index is -0.957. The number of ether oxygens (including phenoxy) is 1. The predicted molar refractivity (Wildman–Crippen MR) is 131 cm³/mol. The van der Waals surface area contributed by atoms with Crippen LogP contribution in [-0.4, -0.2) is 37.4 Å². The van der Waals surface area contributed by atoms with E-state index < -0.39 is 17.9 Å². The van der Waals surface area contributed by atoms with Crippen LogP contribution in [0.4, 0.5) is 5.69 Å². The van der Waals surface area contributed by atoms with Crippen molar-refractivity contribution in [1.29, 1.82) is 0 Å². The van der Waals surface area contributed by atoms with E-state index in [-0.39, 0.29) is 24.3 Å². The van der Waals surface area contributed by atoms with E-state index in [1.807, 2.05) is 30.3 Å². The van der Waals surface area contributed by atoms with Crippen LogP contribution in [-0.2, 0) is 9.59 Å². The number of anilines is 1. The fourth-order valence-corrected chi connectivity index (χ4v) is 4.39. The molecule has 1 aliphatic carbocycles. The van der Waals surface area contributed by atoms with Gasteiger partial charge in [0, 0.05) is 6.04 Å². The summed E-state index contributed by atoms with van der Waals surface area (Å²) < 4.78 is 10.6. The zero-order chi connectivity index (χ0) is 24.6. The molecule has 4 rings (SSSR count). The fourth-order valence-electron chi connectivity index (χ4n) is 4.39. The predicted octanol–water partition coefficient (Wildman–Crippen LogP) is 3.85. The summed E-state index contributed by atoms with van der Waals surface area (Å²) in [5.41, 5.74) is 1.09. The first-order valence-corrected chi connectivity index (χ1v) is 11.7. The van der Waals surface area contributed by atoms with Crippen molar-refractivity contribution in [2.45, 2.75) is 37.8 Å². The molecule has 3 amide bonds. The maximum atomic E-state index is 13.7. The first-order valence-electron chi connectivity index (χ1n) is 11.7. The van der Waals surface area contributed by atoms with Gasteiger partial charge in [-0.15, -0.1) is 0 Å². The number of hydrogen-bond acceptors (Lipinski definition) is 5. The normalized spacial score (nSPS) is 14.2. The number of nitrogens with zero attached hydrogens (tertiary/aromatic N) is 1. The maximum Gasteiger partial charge on any atom is 0.287 e. The summed E-state index contributed by atoms with van der Waals surface area (Å²) in [4.78, 5) is 41.2. The van der Waals surface area contributed by atoms with Crippen molar-refractivity contribution in [2.24, 2.45) is 0 Å². The van der Waals surface area contributed by atoms with Crippen LogP contribution in [0.3, 0.4) is 0 Å². The lowest BCUT2D eigenvalue weighted by Gasteiger charge is -2.33. The van der Waals surface area contributed by atoms with E-state index in [1.54, 1.807) is 30.3 Å². The van der Waals surface area contributed by atoms with E-state index in [4.69, 9.17) is 9.15 Å². The average Bonchev–Trinajstić information content (AvgIpc) is 3.61. The Morgan fingerprint density at radius 2 is 1.71 bits per heavy atom. The summed E-state index contributed by atoms with van der Waals surface area (Å²) in [6, 6.07) is 18.4. The van der Waals surface area contributed by atoms with Gasteiger partial charge in [-0.1, -0.05) is 55.3 Å². The van der Waals surface area contributed by atoms with Crippen molar-refractivity contribution in [2.75, 3.05) is 18.6 Å². The first-order chi connectivity index (χ1) is 17.1. The van der Waals surface area contributed by atoms with Crippen LogP contribution in [0.2, 0.25) is 0 Å². The zero-order valence-corrected chi connectivity index (χ0v) is 19.6. The number of carbonyl (C=O) groups excluding carboxylic acids is 3. The van der Waals surface area contributed by atoms with Gasteiger partial charge in [0.2, 0.25) is 11.8 Å². The average molecular weight is 476 g/mol. The molecular weight excluding hydrogens is 446 g/mol. The van der Waals surface area contributed by atoms with Crippen LogP contribution in [0.5, 0.6) is 5.75 Å². The van der Waals surface area contributed by atoms with Gasteiger partial charge in [-0.05, 0) is 42.7 Å². The molecule has 1 heterocycles. The van der Waals surface area contributed by atoms with Crippen LogP contribution < -0.4 is 20.3 Å². The fraction of sp³-hybridized carbons (Fsp3) is 0.296. The third kappa shape index (κ3) is 5.71. The lowest BCUT2D eigenvalue weighted by Crippen LogP contribution is -2.49. The minimum absolute atomic E-state index is 0.0713. The molecule has 1 atom stereocenters. The first kappa shape index (κ1) is 24.1. The third-order valence-electron chi connectivity index (χ3n) is 6.08. The van der Waals surface area contributed by atoms with E-state index in [9.17, 15) is 14.4 Å². The van der Waals surface area contributed by atoms with Crippen LogP contribution in [0, 0.1) is 0 Å². The Bertz CT molecular complexity index is 1140. The monoisotopic (exact) mass is 475 g/mol. The van der Waals surface area contributed by atoms with Crippen LogP contribution in [0.15, 0.2) is 77.4 Å². The number of hydrogen-bond donors (Lipinski definition) is 2. The van der Waals surface area contributed by atoms with Crippen LogP contribution in [0.1, 0.15) is 47.8 Å². The number of para-hydroxylation sites is 2. The van der Waals surface area contributed by atoms with Gasteiger partial charge in [-0.25, -0.2) is 0 Å². The second-order valence-corrected chi connectivity index (χ2v) is 8.40. The van der Waals surface area contributed by atoms with Crippen molar-refractivity contribution in [1.82, 2.24) is 10.6 Å². The van der Waals surface area contributed by atoms with Gasteiger partial charge < -0.3 is 19.8 Å². The minimum Gasteiger partial charge on any atom is -0.495 e. The smallest absolute Gasteiger partial charge is 0.287 e. The van der Waals surface area contributed by atoms with E-state index in [1.165, 1.54) is 24.3 Å². The van der Waals surface area contributed by atoms with E-state index in [0.29, 0.717) is 17.0 Å². The highest BCUT2D eigenvalue weighted by Gasteiger charge is 2.35. The standard InChI is InChI=1S/C27H29N3O5/c1-34-22-15-8-7-14-21(22)30(24(31)18-28-26(32)23-16-9-17-35-23)25(19-10-3-2-4-11-19)27(33)29-20-12-5-6-13-20/h2-4,7-11,14-17,20,25H,5-6,12-13,18H2,1H3,(H,28,32)(H,29,33). The lowest BCUT2D eigenvalue weighted by molar-refractivity contribution is -0.126. The zero-order valence-electron chi connectivity index (χ0n) is 19.6. The molecule has 2 aromatic carbocycles. The molecule has 8 nitrogen and oxygen atoms in total. The Morgan fingerprint density at radius 3 is 2.40 bits per heavy atom. The van der Waals surface area contributed by atoms with Crippen LogP contribution >= 0.6 is 0 Å². The summed E-state index contributed by atoms with van der Waals surface area (Å²) in [5.74, 6) is -0.729. The summed E-state index contributed by atoms with van der Waals surface area (Å²) in [6.45, 7) is -0.336. The number of methoxy groups -OCH3 is 1. The molecule has 1 saturated carbocycles. The molecule has 1 aliphatic rings. The number of amides is 3. The molecule has 2 N–H and O–H groups in total. The Hall–Kier alpha value is -4.07. The number of rotatable bonds is 9. The summed E-state index contributed by atoms with van der Waals surface area (Å²) in [7, 11) is 1.51. The molecule has 182 valence electrons. The SMILES string of the molecule is COc1ccccc1N(C(=O)CNC(=O)c1ccco1)C(C(=O)NC1CCCC1)c1ccccc1. The van der Waals surface area contributed by atoms with Gasteiger partial charge >= 0.3 is 0 Å². The summed E-state index contributed by atoms with van der Waals surface area (Å²) in [5, 5.41) is 5.73. The second kappa shape index (κ2) is 11.4. The van der Waals surface area contributed by atoms with Crippen molar-refractivity contribution >= 4 is 23.4 Å². The molecule has 8 heteroatoms. The molecule has 0 bridgehead atoms. The van der Waals surface area contributed by atoms with E-state index >= 15 is 0 Å². The molecule has 1 aromatic heterocycles. The van der Waals surface area contributed by atoms with Gasteiger partial charge in [-0.3, -0.25) is 19.3 Å². The van der Waals surface area contributed by atoms with E-state index in [2.05, 4.69) is 10.6 Å². The highest BCUT2D eigenvalue weighted by atomic mass is 16.5. The number of carbonyl (C=O) groups is 3. The molecule has 3 aromatic rings. The van der Waals surface area contributed by atoms with Crippen LogP contribution in [0.25, 0.3) is 0 Å². The largest absolute Gasteiger partial charge is 0.495 e. The molecule has 0 spiro atoms. The number of furan rings is 1. The molecular formula is C27H29N3O5. The topological polar surface area (TPSA) is 101 Å². The summed E-state index contributed by atoms with van der Waals surface area (Å²) in [6.07, 6.45) is 5.34. The molecule has 0 aliphatic heterocycles. The Morgan fingerprint density at radius 1 is 1.00 bits per heavy atom. The Labute approximate surface area is 204 Å². The lowest BCUT2D eigenvalue weighted by atomic mass is 10.0. The van der Waals surface area contributed by atoms with Gasteiger partial charge in [0.25, 0.3) is 5.91 Å². The number of benzene rings is 2. The Balaban J connectivity index is 1.70. The van der Waals surface area contributed by atoms with E-state index in [0.717, 1.165) is 25.7 Å². The van der Waals surface area contributed by atoms with Crippen molar-refractivity contribution < 1.29 is 23.5 Å². The molecule has 1 fully saturated rings. The molecule has 35 heavy (non-hydrogen) atoms. The van der Waals surface area contributed by atoms with Gasteiger partial charge in [0.05, 0.1) is 25.6 Å². The molecule has 0 radical (unpaired) electrons. The summed E-state index contributed by atoms with van der Waals surface area (Å²) >= 11 is 0. The highest BCUT2D eigenvalue weighted by molar-refractivity contribution is 6.05. The Kier molecular flexibility index (Phi) is 7.82. The molecule has 1 unspecified atom stereocenters. The van der Waals surface area contributed by atoms with Gasteiger partial charge in [0.15, 0.2) is 5.76 Å². The van der Waals surface area contributed by atoms with Crippen molar-refractivity contribution in [3.05, 3.63) is 84.3 Å². The molecule has 0 saturated heterocycles. The van der Waals surface area contributed by atoms with Gasteiger partial charge in [-0.2, -0.15) is 0 Å². The highest BCUT2D eigenvalue weighted by Crippen LogP contribution is 2.35. The second-order valence-electron chi connectivity index (χ2n) is 8.40. The number of nitrogens with one attached hydrogen (secondary N) is 2. The maximum absolute atomic E-state index is 13.7.